The highest BCUT2D eigenvalue weighted by atomic mass is 19.1. The van der Waals surface area contributed by atoms with Crippen molar-refractivity contribution in [3.63, 3.8) is 0 Å². The molecule has 0 aliphatic carbocycles. The third kappa shape index (κ3) is 8.12. The Morgan fingerprint density at radius 2 is 1.27 bits per heavy atom. The summed E-state index contributed by atoms with van der Waals surface area (Å²) in [4.78, 5) is 43.2. The number of aliphatic hydroxyl groups is 2. The van der Waals surface area contributed by atoms with E-state index in [0.29, 0.717) is 22.4 Å². The summed E-state index contributed by atoms with van der Waals surface area (Å²) >= 11 is 0. The number of nitrogens with one attached hydrogen (secondary N) is 2. The SMILES string of the molecule is CC(C)N1C(C=C[C@@H](O)C[C@@H](O)CC(=O)O)C(c2ccc(F)cc2)=C(c2ccccc2)C1(C(=O)Nc1ccccc1)C(=O)Nc1ccc(F)cc1. The molecule has 11 heteroatoms. The topological polar surface area (TPSA) is 139 Å². The minimum Gasteiger partial charge on any atom is -0.481 e. The Balaban J connectivity index is 1.81. The van der Waals surface area contributed by atoms with Crippen LogP contribution in [0, 0.1) is 11.6 Å². The fourth-order valence-electron chi connectivity index (χ4n) is 6.57. The number of carbonyl (C=O) groups is 3. The Kier molecular flexibility index (Phi) is 11.6. The van der Waals surface area contributed by atoms with Crippen LogP contribution in [0.2, 0.25) is 0 Å². The summed E-state index contributed by atoms with van der Waals surface area (Å²) in [6.45, 7) is 3.61. The summed E-state index contributed by atoms with van der Waals surface area (Å²) in [6.07, 6.45) is -0.510. The Hall–Kier alpha value is -5.49. The predicted octanol–water partition coefficient (Wildman–Crippen LogP) is 6.13. The minimum absolute atomic E-state index is 0.231. The van der Waals surface area contributed by atoms with Crippen molar-refractivity contribution in [2.45, 2.75) is 56.5 Å². The van der Waals surface area contributed by atoms with Gasteiger partial charge in [0.15, 0.2) is 0 Å². The minimum atomic E-state index is -2.15. The maximum Gasteiger partial charge on any atom is 0.305 e. The fourth-order valence-corrected chi connectivity index (χ4v) is 6.57. The van der Waals surface area contributed by atoms with E-state index in [1.807, 2.05) is 0 Å². The van der Waals surface area contributed by atoms with Crippen LogP contribution in [-0.2, 0) is 14.4 Å². The Labute approximate surface area is 294 Å². The van der Waals surface area contributed by atoms with Gasteiger partial charge in [-0.2, -0.15) is 0 Å². The first-order valence-corrected chi connectivity index (χ1v) is 16.5. The van der Waals surface area contributed by atoms with Gasteiger partial charge in [-0.3, -0.25) is 19.3 Å². The number of rotatable bonds is 13. The zero-order valence-electron chi connectivity index (χ0n) is 28.0. The molecule has 0 saturated carbocycles. The maximum absolute atomic E-state index is 15.2. The molecule has 0 saturated heterocycles. The number of carbonyl (C=O) groups excluding carboxylic acids is 2. The van der Waals surface area contributed by atoms with Crippen LogP contribution in [0.25, 0.3) is 11.1 Å². The number of nitrogens with zero attached hydrogens (tertiary/aromatic N) is 1. The normalized spacial score (nSPS) is 18.9. The second-order valence-electron chi connectivity index (χ2n) is 12.5. The second kappa shape index (κ2) is 16.0. The highest BCUT2D eigenvalue weighted by molar-refractivity contribution is 6.31. The first-order chi connectivity index (χ1) is 24.4. The van der Waals surface area contributed by atoms with Crippen LogP contribution < -0.4 is 10.6 Å². The summed E-state index contributed by atoms with van der Waals surface area (Å²) in [5, 5.41) is 36.1. The van der Waals surface area contributed by atoms with Gasteiger partial charge in [0.1, 0.15) is 11.6 Å². The molecule has 0 bridgehead atoms. The smallest absolute Gasteiger partial charge is 0.305 e. The van der Waals surface area contributed by atoms with Gasteiger partial charge < -0.3 is 26.0 Å². The Morgan fingerprint density at radius 3 is 1.80 bits per heavy atom. The number of aliphatic carboxylic acids is 1. The molecule has 1 aliphatic heterocycles. The number of carboxylic acids is 1. The summed E-state index contributed by atoms with van der Waals surface area (Å²) in [5.74, 6) is -3.72. The van der Waals surface area contributed by atoms with E-state index in [1.54, 1.807) is 97.6 Å². The van der Waals surface area contributed by atoms with Crippen molar-refractivity contribution in [2.75, 3.05) is 10.6 Å². The number of benzene rings is 4. The lowest BCUT2D eigenvalue weighted by atomic mass is 9.80. The first-order valence-electron chi connectivity index (χ1n) is 16.5. The van der Waals surface area contributed by atoms with E-state index < -0.39 is 65.7 Å². The van der Waals surface area contributed by atoms with Crippen molar-refractivity contribution in [3.05, 3.63) is 144 Å². The molecule has 1 aliphatic rings. The molecule has 264 valence electrons. The van der Waals surface area contributed by atoms with Crippen molar-refractivity contribution >= 4 is 40.3 Å². The van der Waals surface area contributed by atoms with Gasteiger partial charge in [-0.25, -0.2) is 8.78 Å². The van der Waals surface area contributed by atoms with Crippen molar-refractivity contribution in [3.8, 4) is 0 Å². The van der Waals surface area contributed by atoms with Gasteiger partial charge >= 0.3 is 5.97 Å². The van der Waals surface area contributed by atoms with E-state index in [1.165, 1.54) is 42.5 Å². The van der Waals surface area contributed by atoms with Gasteiger partial charge in [0.2, 0.25) is 5.54 Å². The third-order valence-corrected chi connectivity index (χ3v) is 8.62. The molecule has 9 nitrogen and oxygen atoms in total. The van der Waals surface area contributed by atoms with Gasteiger partial charge in [0.05, 0.1) is 24.7 Å². The van der Waals surface area contributed by atoms with Gasteiger partial charge in [-0.05, 0) is 79.1 Å². The lowest BCUT2D eigenvalue weighted by Crippen LogP contribution is -2.65. The molecule has 0 aromatic heterocycles. The molecule has 1 heterocycles. The average Bonchev–Trinajstić information content (AvgIpc) is 3.41. The van der Waals surface area contributed by atoms with E-state index in [-0.39, 0.29) is 17.7 Å². The second-order valence-corrected chi connectivity index (χ2v) is 12.5. The number of anilines is 2. The van der Waals surface area contributed by atoms with Crippen molar-refractivity contribution in [2.24, 2.45) is 0 Å². The van der Waals surface area contributed by atoms with Crippen molar-refractivity contribution in [1.29, 1.82) is 0 Å². The predicted molar refractivity (Wildman–Crippen MR) is 191 cm³/mol. The van der Waals surface area contributed by atoms with Crippen LogP contribution in [0.3, 0.4) is 0 Å². The largest absolute Gasteiger partial charge is 0.481 e. The van der Waals surface area contributed by atoms with Crippen LogP contribution >= 0.6 is 0 Å². The number of carboxylic acid groups (broad SMARTS) is 1. The van der Waals surface area contributed by atoms with Crippen LogP contribution in [0.1, 0.15) is 37.8 Å². The standard InChI is InChI=1S/C40H39F2N3O6/c1-25(2)45-34(22-21-32(46)23-33(47)24-35(48)49)36(26-13-15-28(41)16-14-26)37(27-9-5-3-6-10-27)40(45,38(50)43-30-11-7-4-8-12-30)39(51)44-31-19-17-29(42)18-20-31/h3-22,25,32-34,46-47H,23-24H2,1-2H3,(H,43,50)(H,44,51)(H,48,49)/t32-,33-,34?,40?/m1/s1. The molecule has 5 rings (SSSR count). The van der Waals surface area contributed by atoms with Gasteiger partial charge in [0, 0.05) is 29.4 Å². The number of halogens is 2. The number of amides is 2. The van der Waals surface area contributed by atoms with Gasteiger partial charge in [0.25, 0.3) is 11.8 Å². The molecule has 2 unspecified atom stereocenters. The number of aliphatic hydroxyl groups excluding tert-OH is 2. The highest BCUT2D eigenvalue weighted by Crippen LogP contribution is 2.51. The molecule has 2 amide bonds. The molecule has 4 atom stereocenters. The average molecular weight is 696 g/mol. The van der Waals surface area contributed by atoms with Crippen molar-refractivity contribution in [1.82, 2.24) is 4.90 Å². The maximum atomic E-state index is 15.2. The van der Waals surface area contributed by atoms with Crippen LogP contribution in [0.15, 0.2) is 121 Å². The van der Waals surface area contributed by atoms with Gasteiger partial charge in [-0.1, -0.05) is 72.8 Å². The number of para-hydroxylation sites is 1. The molecule has 4 aromatic rings. The van der Waals surface area contributed by atoms with E-state index >= 15 is 9.59 Å². The molecule has 51 heavy (non-hydrogen) atoms. The fraction of sp³-hybridized carbons (Fsp3) is 0.225. The van der Waals surface area contributed by atoms with Crippen LogP contribution in [0.4, 0.5) is 20.2 Å². The van der Waals surface area contributed by atoms with E-state index in [2.05, 4.69) is 10.6 Å². The zero-order valence-corrected chi connectivity index (χ0v) is 28.0. The van der Waals surface area contributed by atoms with E-state index in [9.17, 15) is 23.8 Å². The van der Waals surface area contributed by atoms with Crippen molar-refractivity contribution < 1.29 is 38.5 Å². The lowest BCUT2D eigenvalue weighted by Gasteiger charge is -2.42. The third-order valence-electron chi connectivity index (χ3n) is 8.62. The highest BCUT2D eigenvalue weighted by Gasteiger charge is 2.62. The molecule has 0 radical (unpaired) electrons. The monoisotopic (exact) mass is 695 g/mol. The lowest BCUT2D eigenvalue weighted by molar-refractivity contribution is -0.139. The van der Waals surface area contributed by atoms with Crippen LogP contribution in [0.5, 0.6) is 0 Å². The molecule has 5 N–H and O–H groups in total. The molecule has 4 aromatic carbocycles. The molecular weight excluding hydrogens is 656 g/mol. The zero-order chi connectivity index (χ0) is 36.7. The summed E-state index contributed by atoms with van der Waals surface area (Å²) in [5.41, 5.74) is 0.237. The quantitative estimate of drug-likeness (QED) is 0.0839. The van der Waals surface area contributed by atoms with Crippen LogP contribution in [-0.4, -0.2) is 67.8 Å². The van der Waals surface area contributed by atoms with Gasteiger partial charge in [-0.15, -0.1) is 0 Å². The summed E-state index contributed by atoms with van der Waals surface area (Å²) in [7, 11) is 0. The molecule has 0 spiro atoms. The first kappa shape index (κ1) is 36.8. The Bertz CT molecular complexity index is 1900. The summed E-state index contributed by atoms with van der Waals surface area (Å²) < 4.78 is 28.3. The van der Waals surface area contributed by atoms with E-state index in [0.717, 1.165) is 0 Å². The molecule has 0 fully saturated rings. The molecular formula is C40H39F2N3O6. The Morgan fingerprint density at radius 1 is 0.765 bits per heavy atom. The number of hydrogen-bond donors (Lipinski definition) is 5. The van der Waals surface area contributed by atoms with E-state index in [4.69, 9.17) is 5.11 Å². The summed E-state index contributed by atoms with van der Waals surface area (Å²) in [6, 6.07) is 26.7. The number of hydrogen-bond acceptors (Lipinski definition) is 6.